The van der Waals surface area contributed by atoms with Crippen LogP contribution < -0.4 is 5.32 Å². The molecule has 0 heterocycles. The Morgan fingerprint density at radius 2 is 1.89 bits per heavy atom. The highest BCUT2D eigenvalue weighted by molar-refractivity contribution is 5.62. The molecule has 1 aromatic rings. The molecule has 1 atom stereocenters. The van der Waals surface area contributed by atoms with Gasteiger partial charge in [0.25, 0.3) is 5.69 Å². The van der Waals surface area contributed by atoms with Gasteiger partial charge in [0, 0.05) is 12.1 Å². The van der Waals surface area contributed by atoms with Gasteiger partial charge in [-0.2, -0.15) is 0 Å². The molecule has 0 aliphatic rings. The first-order valence-electron chi connectivity index (χ1n) is 6.21. The standard InChI is InChI=1S/C13H18F2N2O2/c1-8(2)4-5-9(3)16-13-11(17(18)19)7-6-10(14)12(13)15/h6-9,16H,4-5H2,1-3H3. The molecule has 0 bridgehead atoms. The molecule has 1 unspecified atom stereocenters. The summed E-state index contributed by atoms with van der Waals surface area (Å²) in [6.07, 6.45) is 1.63. The van der Waals surface area contributed by atoms with Crippen LogP contribution in [0.4, 0.5) is 20.2 Å². The van der Waals surface area contributed by atoms with Gasteiger partial charge in [-0.1, -0.05) is 13.8 Å². The molecular formula is C13H18F2N2O2. The van der Waals surface area contributed by atoms with Gasteiger partial charge in [-0.25, -0.2) is 8.78 Å². The zero-order valence-electron chi connectivity index (χ0n) is 11.2. The van der Waals surface area contributed by atoms with Crippen LogP contribution in [0.2, 0.25) is 0 Å². The topological polar surface area (TPSA) is 55.2 Å². The second-order valence-electron chi connectivity index (χ2n) is 5.03. The van der Waals surface area contributed by atoms with Gasteiger partial charge in [-0.15, -0.1) is 0 Å². The van der Waals surface area contributed by atoms with Gasteiger partial charge >= 0.3 is 0 Å². The zero-order valence-corrected chi connectivity index (χ0v) is 11.2. The normalized spacial score (nSPS) is 12.5. The van der Waals surface area contributed by atoms with Crippen LogP contribution in [0.15, 0.2) is 12.1 Å². The van der Waals surface area contributed by atoms with Crippen LogP contribution in [-0.4, -0.2) is 11.0 Å². The summed E-state index contributed by atoms with van der Waals surface area (Å²) >= 11 is 0. The average molecular weight is 272 g/mol. The van der Waals surface area contributed by atoms with Crippen molar-refractivity contribution >= 4 is 11.4 Å². The van der Waals surface area contributed by atoms with Gasteiger partial charge in [-0.05, 0) is 31.7 Å². The van der Waals surface area contributed by atoms with E-state index in [4.69, 9.17) is 0 Å². The van der Waals surface area contributed by atoms with Crippen molar-refractivity contribution in [2.24, 2.45) is 5.92 Å². The zero-order chi connectivity index (χ0) is 14.6. The summed E-state index contributed by atoms with van der Waals surface area (Å²) in [5, 5.41) is 13.5. The lowest BCUT2D eigenvalue weighted by Gasteiger charge is -2.17. The van der Waals surface area contributed by atoms with Crippen molar-refractivity contribution in [3.05, 3.63) is 33.9 Å². The molecule has 1 rings (SSSR count). The number of nitrogens with zero attached hydrogens (tertiary/aromatic N) is 1. The van der Waals surface area contributed by atoms with Gasteiger partial charge < -0.3 is 5.32 Å². The van der Waals surface area contributed by atoms with Crippen LogP contribution in [-0.2, 0) is 0 Å². The number of rotatable bonds is 6. The Morgan fingerprint density at radius 1 is 1.26 bits per heavy atom. The van der Waals surface area contributed by atoms with E-state index in [1.807, 2.05) is 0 Å². The molecule has 0 saturated heterocycles. The van der Waals surface area contributed by atoms with Crippen LogP contribution in [0.5, 0.6) is 0 Å². The molecular weight excluding hydrogens is 254 g/mol. The van der Waals surface area contributed by atoms with E-state index in [9.17, 15) is 18.9 Å². The summed E-state index contributed by atoms with van der Waals surface area (Å²) in [5.74, 6) is -1.81. The lowest BCUT2D eigenvalue weighted by Crippen LogP contribution is -2.18. The fourth-order valence-corrected chi connectivity index (χ4v) is 1.73. The highest BCUT2D eigenvalue weighted by Gasteiger charge is 2.22. The fraction of sp³-hybridized carbons (Fsp3) is 0.538. The molecule has 0 aliphatic carbocycles. The highest BCUT2D eigenvalue weighted by Crippen LogP contribution is 2.30. The number of anilines is 1. The van der Waals surface area contributed by atoms with Crippen molar-refractivity contribution in [3.63, 3.8) is 0 Å². The number of hydrogen-bond donors (Lipinski definition) is 1. The molecule has 0 aliphatic heterocycles. The number of nitro benzene ring substituents is 1. The van der Waals surface area contributed by atoms with Gasteiger partial charge in [0.05, 0.1) is 4.92 Å². The fourth-order valence-electron chi connectivity index (χ4n) is 1.73. The molecule has 1 N–H and O–H groups in total. The average Bonchev–Trinajstić information content (AvgIpc) is 2.32. The highest BCUT2D eigenvalue weighted by atomic mass is 19.2. The molecule has 0 fully saturated rings. The Hall–Kier alpha value is -1.72. The Morgan fingerprint density at radius 3 is 2.42 bits per heavy atom. The molecule has 0 spiro atoms. The molecule has 0 saturated carbocycles. The first-order chi connectivity index (χ1) is 8.82. The molecule has 6 heteroatoms. The third kappa shape index (κ3) is 4.15. The van der Waals surface area contributed by atoms with E-state index < -0.39 is 22.2 Å². The summed E-state index contributed by atoms with van der Waals surface area (Å²) in [7, 11) is 0. The third-order valence-corrected chi connectivity index (χ3v) is 2.84. The predicted molar refractivity (Wildman–Crippen MR) is 70.2 cm³/mol. The summed E-state index contributed by atoms with van der Waals surface area (Å²) in [5.41, 5.74) is -0.823. The smallest absolute Gasteiger partial charge is 0.295 e. The van der Waals surface area contributed by atoms with E-state index in [0.29, 0.717) is 5.92 Å². The first-order valence-corrected chi connectivity index (χ1v) is 6.21. The summed E-state index contributed by atoms with van der Waals surface area (Å²) < 4.78 is 26.8. The molecule has 4 nitrogen and oxygen atoms in total. The van der Waals surface area contributed by atoms with Crippen molar-refractivity contribution < 1.29 is 13.7 Å². The Labute approximate surface area is 111 Å². The van der Waals surface area contributed by atoms with Crippen molar-refractivity contribution in [1.82, 2.24) is 0 Å². The summed E-state index contributed by atoms with van der Waals surface area (Å²) in [6.45, 7) is 5.90. The van der Waals surface area contributed by atoms with Crippen LogP contribution in [0.1, 0.15) is 33.6 Å². The number of benzene rings is 1. The van der Waals surface area contributed by atoms with E-state index >= 15 is 0 Å². The van der Waals surface area contributed by atoms with Crippen LogP contribution in [0.25, 0.3) is 0 Å². The minimum Gasteiger partial charge on any atom is -0.375 e. The van der Waals surface area contributed by atoms with E-state index in [1.54, 1.807) is 6.92 Å². The molecule has 106 valence electrons. The van der Waals surface area contributed by atoms with Crippen molar-refractivity contribution in [2.45, 2.75) is 39.7 Å². The largest absolute Gasteiger partial charge is 0.375 e. The maximum absolute atomic E-state index is 13.6. The van der Waals surface area contributed by atoms with Crippen LogP contribution in [0.3, 0.4) is 0 Å². The second kappa shape index (κ2) is 6.45. The maximum Gasteiger partial charge on any atom is 0.295 e. The van der Waals surface area contributed by atoms with Crippen LogP contribution >= 0.6 is 0 Å². The molecule has 0 aromatic heterocycles. The Balaban J connectivity index is 2.92. The minimum atomic E-state index is -1.20. The number of nitro groups is 1. The van der Waals surface area contributed by atoms with Gasteiger partial charge in [0.15, 0.2) is 17.3 Å². The van der Waals surface area contributed by atoms with Gasteiger partial charge in [-0.3, -0.25) is 10.1 Å². The number of halogens is 2. The molecule has 19 heavy (non-hydrogen) atoms. The van der Waals surface area contributed by atoms with Crippen LogP contribution in [0, 0.1) is 27.7 Å². The van der Waals surface area contributed by atoms with Crippen molar-refractivity contribution in [1.29, 1.82) is 0 Å². The molecule has 1 aromatic carbocycles. The first kappa shape index (κ1) is 15.3. The predicted octanol–water partition coefficient (Wildman–Crippen LogP) is 4.11. The Bertz CT molecular complexity index is 464. The summed E-state index contributed by atoms with van der Waals surface area (Å²) in [4.78, 5) is 10.1. The SMILES string of the molecule is CC(C)CCC(C)Nc1c([N+](=O)[O-])ccc(F)c1F. The minimum absolute atomic E-state index is 0.169. The molecule has 0 amide bonds. The lowest BCUT2D eigenvalue weighted by molar-refractivity contribution is -0.384. The van der Waals surface area contributed by atoms with E-state index in [-0.39, 0.29) is 11.7 Å². The quantitative estimate of drug-likeness (QED) is 0.626. The monoisotopic (exact) mass is 272 g/mol. The second-order valence-corrected chi connectivity index (χ2v) is 5.03. The summed E-state index contributed by atoms with van der Waals surface area (Å²) in [6, 6.07) is 1.56. The van der Waals surface area contributed by atoms with E-state index in [0.717, 1.165) is 25.0 Å². The van der Waals surface area contributed by atoms with Gasteiger partial charge in [0.1, 0.15) is 0 Å². The number of nitrogens with one attached hydrogen (secondary N) is 1. The lowest BCUT2D eigenvalue weighted by atomic mass is 10.0. The molecule has 0 radical (unpaired) electrons. The Kier molecular flexibility index (Phi) is 5.20. The van der Waals surface area contributed by atoms with E-state index in [1.165, 1.54) is 0 Å². The third-order valence-electron chi connectivity index (χ3n) is 2.84. The van der Waals surface area contributed by atoms with E-state index in [2.05, 4.69) is 19.2 Å². The maximum atomic E-state index is 13.6. The van der Waals surface area contributed by atoms with Crippen molar-refractivity contribution in [3.8, 4) is 0 Å². The number of hydrogen-bond acceptors (Lipinski definition) is 3. The van der Waals surface area contributed by atoms with Crippen molar-refractivity contribution in [2.75, 3.05) is 5.32 Å². The van der Waals surface area contributed by atoms with Gasteiger partial charge in [0.2, 0.25) is 0 Å².